The fourth-order valence-electron chi connectivity index (χ4n) is 7.58. The first kappa shape index (κ1) is 28.6. The Bertz CT molecular complexity index is 1080. The van der Waals surface area contributed by atoms with Crippen LogP contribution in [0.4, 0.5) is 9.59 Å². The van der Waals surface area contributed by atoms with Crippen molar-refractivity contribution in [1.29, 1.82) is 0 Å². The van der Waals surface area contributed by atoms with E-state index in [9.17, 15) is 24.3 Å². The van der Waals surface area contributed by atoms with Gasteiger partial charge >= 0.3 is 12.3 Å². The van der Waals surface area contributed by atoms with Crippen molar-refractivity contribution in [3.8, 4) is 0 Å². The highest BCUT2D eigenvalue weighted by Gasteiger charge is 2.74. The van der Waals surface area contributed by atoms with Crippen LogP contribution < -0.4 is 0 Å². The summed E-state index contributed by atoms with van der Waals surface area (Å²) in [4.78, 5) is 49.2. The number of carbonyl (C=O) groups is 4. The Morgan fingerprint density at radius 3 is 2.50 bits per heavy atom. The lowest BCUT2D eigenvalue weighted by molar-refractivity contribution is -0.179. The average Bonchev–Trinajstić information content (AvgIpc) is 3.14. The van der Waals surface area contributed by atoms with Crippen LogP contribution in [-0.4, -0.2) is 65.9 Å². The smallest absolute Gasteiger partial charge is 0.438 e. The number of allylic oxidation sites excluding steroid dienone is 4. The van der Waals surface area contributed by atoms with Gasteiger partial charge in [-0.3, -0.25) is 9.59 Å². The maximum atomic E-state index is 13.8. The number of hydrogen-bond acceptors (Lipinski definition) is 9. The molecule has 4 aliphatic carbocycles. The van der Waals surface area contributed by atoms with Gasteiger partial charge in [0, 0.05) is 10.8 Å². The molecule has 0 aliphatic heterocycles. The molecule has 0 bridgehead atoms. The quantitative estimate of drug-likeness (QED) is 0.373. The number of rotatable bonds is 6. The van der Waals surface area contributed by atoms with Crippen LogP contribution in [0.1, 0.15) is 59.8 Å². The molecule has 7 atom stereocenters. The van der Waals surface area contributed by atoms with E-state index in [1.807, 2.05) is 27.7 Å². The Morgan fingerprint density at radius 1 is 1.13 bits per heavy atom. The Labute approximate surface area is 227 Å². The fraction of sp³-hybridized carbons (Fsp3) is 0.714. The normalized spacial score (nSPS) is 39.4. The molecule has 0 spiro atoms. The van der Waals surface area contributed by atoms with E-state index in [1.54, 1.807) is 12.2 Å². The van der Waals surface area contributed by atoms with Crippen LogP contribution in [0.25, 0.3) is 0 Å². The number of halogens is 1. The zero-order valence-electron chi connectivity index (χ0n) is 22.6. The second kappa shape index (κ2) is 9.97. The molecule has 10 heteroatoms. The van der Waals surface area contributed by atoms with Gasteiger partial charge in [-0.25, -0.2) is 9.59 Å². The van der Waals surface area contributed by atoms with Gasteiger partial charge < -0.3 is 24.1 Å². The third kappa shape index (κ3) is 4.17. The molecule has 9 nitrogen and oxygen atoms in total. The monoisotopic (exact) mass is 552 g/mol. The van der Waals surface area contributed by atoms with Gasteiger partial charge in [0.05, 0.1) is 24.7 Å². The van der Waals surface area contributed by atoms with Gasteiger partial charge in [-0.1, -0.05) is 39.3 Å². The third-order valence-electron chi connectivity index (χ3n) is 9.49. The van der Waals surface area contributed by atoms with E-state index in [4.69, 9.17) is 30.5 Å². The van der Waals surface area contributed by atoms with E-state index < -0.39 is 52.1 Å². The first-order chi connectivity index (χ1) is 17.7. The summed E-state index contributed by atoms with van der Waals surface area (Å²) < 4.78 is 20.6. The molecular formula is C28H37ClO9. The number of hydrogen-bond donors (Lipinski definition) is 1. The summed E-state index contributed by atoms with van der Waals surface area (Å²) in [5.41, 5.74) is -2.58. The van der Waals surface area contributed by atoms with Gasteiger partial charge in [0.1, 0.15) is 0 Å². The summed E-state index contributed by atoms with van der Waals surface area (Å²) in [6.45, 7) is 7.00. The molecule has 0 saturated heterocycles. The van der Waals surface area contributed by atoms with Crippen LogP contribution in [0, 0.1) is 28.6 Å². The molecule has 38 heavy (non-hydrogen) atoms. The third-order valence-corrected chi connectivity index (χ3v) is 10.4. The van der Waals surface area contributed by atoms with Gasteiger partial charge in [0.15, 0.2) is 18.0 Å². The molecule has 0 aromatic heterocycles. The highest BCUT2D eigenvalue weighted by atomic mass is 35.5. The molecule has 1 unspecified atom stereocenters. The maximum absolute atomic E-state index is 13.8. The number of ether oxygens (including phenoxy) is 4. The number of Topliss-reactive ketones (excluding diaryl/α,β-unsaturated/α-hetero) is 1. The number of aliphatic hydroxyl groups is 1. The largest absolute Gasteiger partial charge is 0.509 e. The summed E-state index contributed by atoms with van der Waals surface area (Å²) in [7, 11) is 1.15. The molecule has 0 aromatic rings. The predicted molar refractivity (Wildman–Crippen MR) is 136 cm³/mol. The summed E-state index contributed by atoms with van der Waals surface area (Å²) >= 11 is 7.43. The van der Waals surface area contributed by atoms with Gasteiger partial charge in [-0.05, 0) is 62.0 Å². The van der Waals surface area contributed by atoms with E-state index in [1.165, 1.54) is 6.08 Å². The van der Waals surface area contributed by atoms with Crippen LogP contribution >= 0.6 is 11.6 Å². The molecule has 1 N–H and O–H groups in total. The maximum Gasteiger partial charge on any atom is 0.509 e. The zero-order valence-corrected chi connectivity index (χ0v) is 23.3. The number of aliphatic hydroxyl groups excluding tert-OH is 1. The molecule has 3 saturated carbocycles. The zero-order chi connectivity index (χ0) is 28.1. The molecule has 0 radical (unpaired) electrons. The van der Waals surface area contributed by atoms with Crippen molar-refractivity contribution in [3.05, 3.63) is 23.8 Å². The van der Waals surface area contributed by atoms with Gasteiger partial charge in [-0.15, -0.1) is 11.6 Å². The summed E-state index contributed by atoms with van der Waals surface area (Å²) in [5.74, 6) is -1.06. The second-order valence-electron chi connectivity index (χ2n) is 11.9. The lowest BCUT2D eigenvalue weighted by atomic mass is 9.45. The number of alkyl halides is 1. The molecule has 4 aliphatic rings. The second-order valence-corrected chi connectivity index (χ2v) is 12.5. The Kier molecular flexibility index (Phi) is 7.51. The predicted octanol–water partition coefficient (Wildman–Crippen LogP) is 4.53. The minimum Gasteiger partial charge on any atom is -0.438 e. The van der Waals surface area contributed by atoms with E-state index in [2.05, 4.69) is 0 Å². The number of carbonyl (C=O) groups excluding carboxylic acids is 4. The van der Waals surface area contributed by atoms with Crippen LogP contribution in [0.15, 0.2) is 23.8 Å². The number of ketones is 2. The number of fused-ring (bicyclic) bond motifs is 5. The van der Waals surface area contributed by atoms with E-state index >= 15 is 0 Å². The van der Waals surface area contributed by atoms with Crippen molar-refractivity contribution in [1.82, 2.24) is 0 Å². The van der Waals surface area contributed by atoms with Crippen molar-refractivity contribution in [2.75, 3.05) is 20.3 Å². The lowest BCUT2D eigenvalue weighted by Crippen LogP contribution is -2.69. The molecule has 0 aromatic carbocycles. The van der Waals surface area contributed by atoms with Crippen molar-refractivity contribution in [3.63, 3.8) is 0 Å². The first-order valence-electron chi connectivity index (χ1n) is 13.2. The van der Waals surface area contributed by atoms with E-state index in [0.29, 0.717) is 19.3 Å². The SMILES string of the molecule is COC(=O)O[C@]1(C(=O)COC(=O)OCC(C)C)CC[C@H]2[C@@H]3CCC4=CC(=O)C=C[C@]4(C)[C@@]3(Cl)C(O)C[C@@]21C. The molecule has 0 amide bonds. The highest BCUT2D eigenvalue weighted by molar-refractivity contribution is 6.26. The standard InChI is InChI=1S/C28H37ClO9/c1-16(2)14-36-24(34)37-15-22(32)27(38-23(33)35-5)11-9-19-20-7-6-17-12-18(30)8-10-25(17,3)28(20,29)21(31)13-26(19,27)4/h8,10,12,16,19-21,31H,6-7,9,11,13-15H2,1-5H3/t19-,20-,21?,25-,26-,27-,28-/m0/s1. The first-order valence-corrected chi connectivity index (χ1v) is 13.5. The lowest BCUT2D eigenvalue weighted by Gasteiger charge is -2.63. The van der Waals surface area contributed by atoms with Gasteiger partial charge in [0.25, 0.3) is 0 Å². The van der Waals surface area contributed by atoms with Crippen LogP contribution in [0.2, 0.25) is 0 Å². The van der Waals surface area contributed by atoms with E-state index in [-0.39, 0.29) is 43.0 Å². The highest BCUT2D eigenvalue weighted by Crippen LogP contribution is 2.71. The summed E-state index contributed by atoms with van der Waals surface area (Å²) in [6.07, 6.45) is 3.73. The van der Waals surface area contributed by atoms with Crippen LogP contribution in [-0.2, 0) is 28.5 Å². The molecule has 3 fully saturated rings. The Morgan fingerprint density at radius 2 is 1.84 bits per heavy atom. The Balaban J connectivity index is 1.67. The van der Waals surface area contributed by atoms with E-state index in [0.717, 1.165) is 12.7 Å². The van der Waals surface area contributed by atoms with Gasteiger partial charge in [0.2, 0.25) is 5.78 Å². The summed E-state index contributed by atoms with van der Waals surface area (Å²) in [6, 6.07) is 0. The van der Waals surface area contributed by atoms with Crippen molar-refractivity contribution >= 4 is 35.5 Å². The van der Waals surface area contributed by atoms with Crippen LogP contribution in [0.3, 0.4) is 0 Å². The van der Waals surface area contributed by atoms with Crippen molar-refractivity contribution in [2.45, 2.75) is 76.4 Å². The fourth-order valence-corrected chi connectivity index (χ4v) is 8.11. The van der Waals surface area contributed by atoms with Crippen LogP contribution in [0.5, 0.6) is 0 Å². The molecule has 0 heterocycles. The topological polar surface area (TPSA) is 125 Å². The molecule has 4 rings (SSSR count). The molecular weight excluding hydrogens is 516 g/mol. The average molecular weight is 553 g/mol. The summed E-state index contributed by atoms with van der Waals surface area (Å²) in [5, 5.41) is 11.7. The van der Waals surface area contributed by atoms with Gasteiger partial charge in [-0.2, -0.15) is 0 Å². The minimum absolute atomic E-state index is 0.0584. The minimum atomic E-state index is -1.70. The van der Waals surface area contributed by atoms with Crippen molar-refractivity contribution in [2.24, 2.45) is 28.6 Å². The number of methoxy groups -OCH3 is 1. The van der Waals surface area contributed by atoms with Crippen molar-refractivity contribution < 1.29 is 43.2 Å². The molecule has 210 valence electrons. The Hall–Kier alpha value is -2.39.